The van der Waals surface area contributed by atoms with Crippen LogP contribution in [-0.2, 0) is 10.0 Å². The summed E-state index contributed by atoms with van der Waals surface area (Å²) in [6.07, 6.45) is 3.94. The Morgan fingerprint density at radius 3 is 2.25 bits per heavy atom. The maximum absolute atomic E-state index is 12.4. The second-order valence-corrected chi connectivity index (χ2v) is 9.95. The number of hydrogen-bond donors (Lipinski definition) is 1. The second-order valence-electron chi connectivity index (χ2n) is 8.38. The molecule has 7 heteroatoms. The molecule has 0 saturated carbocycles. The fourth-order valence-corrected chi connectivity index (χ4v) is 4.51. The highest BCUT2D eigenvalue weighted by atomic mass is 32.2. The highest BCUT2D eigenvalue weighted by Crippen LogP contribution is 2.24. The summed E-state index contributed by atoms with van der Waals surface area (Å²) in [5.41, 5.74) is 4.10. The third kappa shape index (κ3) is 5.73. The molecule has 166 valence electrons. The van der Waals surface area contributed by atoms with Crippen LogP contribution in [0.15, 0.2) is 66.1 Å². The fraction of sp³-hybridized carbons (Fsp3) is 0.280. The molecule has 1 aliphatic heterocycles. The summed E-state index contributed by atoms with van der Waals surface area (Å²) in [4.78, 5) is 2.28. The zero-order valence-electron chi connectivity index (χ0n) is 18.4. The number of hydrogen-bond acceptors (Lipinski definition) is 5. The van der Waals surface area contributed by atoms with Crippen molar-refractivity contribution >= 4 is 27.6 Å². The van der Waals surface area contributed by atoms with Crippen LogP contribution in [-0.4, -0.2) is 31.7 Å². The van der Waals surface area contributed by atoms with Crippen LogP contribution in [0.4, 0.5) is 11.5 Å². The number of anilines is 2. The number of aryl methyl sites for hydroxylation is 1. The van der Waals surface area contributed by atoms with Gasteiger partial charge in [-0.15, -0.1) is 10.2 Å². The molecule has 0 aliphatic carbocycles. The molecule has 0 amide bonds. The fourth-order valence-electron chi connectivity index (χ4n) is 3.64. The highest BCUT2D eigenvalue weighted by Gasteiger charge is 2.17. The molecule has 6 nitrogen and oxygen atoms in total. The Labute approximate surface area is 190 Å². The molecule has 2 aromatic carbocycles. The summed E-state index contributed by atoms with van der Waals surface area (Å²) in [5.74, 6) is 1.68. The van der Waals surface area contributed by atoms with Crippen molar-refractivity contribution in [3.63, 3.8) is 0 Å². The summed E-state index contributed by atoms with van der Waals surface area (Å²) in [7, 11) is -3.61. The van der Waals surface area contributed by atoms with Gasteiger partial charge in [0.1, 0.15) is 0 Å². The molecule has 1 aliphatic rings. The summed E-state index contributed by atoms with van der Waals surface area (Å²) in [5, 5.41) is 9.95. The average molecular weight is 449 g/mol. The average Bonchev–Trinajstić information content (AvgIpc) is 2.80. The van der Waals surface area contributed by atoms with Crippen molar-refractivity contribution in [2.45, 2.75) is 26.7 Å². The molecule has 0 unspecified atom stereocenters. The number of benzene rings is 2. The van der Waals surface area contributed by atoms with Gasteiger partial charge in [-0.3, -0.25) is 4.72 Å². The number of nitrogens with one attached hydrogen (secondary N) is 1. The van der Waals surface area contributed by atoms with Gasteiger partial charge in [0, 0.05) is 24.3 Å². The molecule has 0 spiro atoms. The Morgan fingerprint density at radius 1 is 0.938 bits per heavy atom. The molecule has 1 fully saturated rings. The Kier molecular flexibility index (Phi) is 6.55. The molecule has 32 heavy (non-hydrogen) atoms. The Bertz CT molecular complexity index is 1160. The first-order chi connectivity index (χ1) is 15.4. The lowest BCUT2D eigenvalue weighted by Gasteiger charge is -2.30. The smallest absolute Gasteiger partial charge is 0.255 e. The largest absolute Gasteiger partial charge is 0.355 e. The zero-order valence-corrected chi connectivity index (χ0v) is 19.2. The molecule has 0 atom stereocenters. The van der Waals surface area contributed by atoms with E-state index in [1.54, 1.807) is 18.2 Å². The standard InChI is InChI=1S/C25H28N4O2S/c1-19-3-5-21(6-4-19)15-18-32(30,31)28-23-9-7-22(8-10-23)24-11-12-25(27-26-24)29-16-13-20(2)14-17-29/h3-12,15,18,20,28H,13-14,16-17H2,1-2H3/b18-15+. The molecule has 0 radical (unpaired) electrons. The zero-order chi connectivity index (χ0) is 22.6. The van der Waals surface area contributed by atoms with Crippen molar-refractivity contribution < 1.29 is 8.42 Å². The monoisotopic (exact) mass is 448 g/mol. The summed E-state index contributed by atoms with van der Waals surface area (Å²) in [6, 6.07) is 18.8. The van der Waals surface area contributed by atoms with Crippen molar-refractivity contribution in [1.29, 1.82) is 0 Å². The third-order valence-corrected chi connectivity index (χ3v) is 6.73. The maximum atomic E-state index is 12.4. The molecule has 0 bridgehead atoms. The van der Waals surface area contributed by atoms with Gasteiger partial charge in [0.15, 0.2) is 5.82 Å². The topological polar surface area (TPSA) is 75.2 Å². The van der Waals surface area contributed by atoms with E-state index in [-0.39, 0.29) is 0 Å². The lowest BCUT2D eigenvalue weighted by Crippen LogP contribution is -2.33. The first-order valence-corrected chi connectivity index (χ1v) is 12.4. The van der Waals surface area contributed by atoms with Crippen LogP contribution in [0.25, 0.3) is 17.3 Å². The molecule has 3 aromatic rings. The lowest BCUT2D eigenvalue weighted by atomic mass is 9.99. The third-order valence-electron chi connectivity index (χ3n) is 5.72. The van der Waals surface area contributed by atoms with Crippen LogP contribution in [0.1, 0.15) is 30.9 Å². The van der Waals surface area contributed by atoms with Crippen molar-refractivity contribution in [2.75, 3.05) is 22.7 Å². The molecule has 1 N–H and O–H groups in total. The Balaban J connectivity index is 1.39. The number of rotatable bonds is 6. The van der Waals surface area contributed by atoms with Crippen LogP contribution in [0, 0.1) is 12.8 Å². The summed E-state index contributed by atoms with van der Waals surface area (Å²) in [6.45, 7) is 6.31. The highest BCUT2D eigenvalue weighted by molar-refractivity contribution is 7.95. The van der Waals surface area contributed by atoms with E-state index in [0.717, 1.165) is 47.2 Å². The van der Waals surface area contributed by atoms with Gasteiger partial charge >= 0.3 is 0 Å². The summed E-state index contributed by atoms with van der Waals surface area (Å²) < 4.78 is 27.3. The van der Waals surface area contributed by atoms with E-state index in [0.29, 0.717) is 5.69 Å². The van der Waals surface area contributed by atoms with E-state index < -0.39 is 10.0 Å². The van der Waals surface area contributed by atoms with E-state index in [4.69, 9.17) is 0 Å². The number of sulfonamides is 1. The van der Waals surface area contributed by atoms with E-state index in [1.165, 1.54) is 18.2 Å². The van der Waals surface area contributed by atoms with Crippen molar-refractivity contribution in [1.82, 2.24) is 10.2 Å². The Hall–Kier alpha value is -3.19. The van der Waals surface area contributed by atoms with E-state index in [9.17, 15) is 8.42 Å². The normalized spacial score (nSPS) is 15.2. The van der Waals surface area contributed by atoms with Gasteiger partial charge in [-0.2, -0.15) is 0 Å². The minimum atomic E-state index is -3.61. The molecule has 2 heterocycles. The number of aromatic nitrogens is 2. The van der Waals surface area contributed by atoms with Crippen molar-refractivity contribution in [3.8, 4) is 11.3 Å². The van der Waals surface area contributed by atoms with Crippen LogP contribution < -0.4 is 9.62 Å². The minimum absolute atomic E-state index is 0.495. The van der Waals surface area contributed by atoms with Crippen LogP contribution in [0.5, 0.6) is 0 Å². The molecule has 1 aromatic heterocycles. The number of piperidine rings is 1. The number of nitrogens with zero attached hydrogens (tertiary/aromatic N) is 3. The van der Waals surface area contributed by atoms with E-state index >= 15 is 0 Å². The second kappa shape index (κ2) is 9.53. The Morgan fingerprint density at radius 2 is 1.62 bits per heavy atom. The van der Waals surface area contributed by atoms with Crippen LogP contribution in [0.2, 0.25) is 0 Å². The SMILES string of the molecule is Cc1ccc(/C=C/S(=O)(=O)Nc2ccc(-c3ccc(N4CCC(C)CC4)nn3)cc2)cc1. The quantitative estimate of drug-likeness (QED) is 0.568. The van der Waals surface area contributed by atoms with Gasteiger partial charge in [-0.1, -0.05) is 48.9 Å². The first-order valence-electron chi connectivity index (χ1n) is 10.8. The van der Waals surface area contributed by atoms with Crippen molar-refractivity contribution in [2.24, 2.45) is 5.92 Å². The van der Waals surface area contributed by atoms with Gasteiger partial charge in [0.25, 0.3) is 10.0 Å². The molecule has 1 saturated heterocycles. The lowest BCUT2D eigenvalue weighted by molar-refractivity contribution is 0.436. The molecular weight excluding hydrogens is 420 g/mol. The minimum Gasteiger partial charge on any atom is -0.355 e. The predicted molar refractivity (Wildman–Crippen MR) is 131 cm³/mol. The van der Waals surface area contributed by atoms with Crippen molar-refractivity contribution in [3.05, 3.63) is 77.2 Å². The predicted octanol–water partition coefficient (Wildman–Crippen LogP) is 5.10. The van der Waals surface area contributed by atoms with Gasteiger partial charge < -0.3 is 4.90 Å². The first kappa shape index (κ1) is 22.0. The van der Waals surface area contributed by atoms with Gasteiger partial charge in [0.05, 0.1) is 11.1 Å². The van der Waals surface area contributed by atoms with Gasteiger partial charge in [-0.25, -0.2) is 8.42 Å². The van der Waals surface area contributed by atoms with E-state index in [1.807, 2.05) is 55.5 Å². The summed E-state index contributed by atoms with van der Waals surface area (Å²) >= 11 is 0. The van der Waals surface area contributed by atoms with Gasteiger partial charge in [0.2, 0.25) is 0 Å². The molecule has 4 rings (SSSR count). The van der Waals surface area contributed by atoms with Crippen LogP contribution >= 0.6 is 0 Å². The molecular formula is C25H28N4O2S. The van der Waals surface area contributed by atoms with Gasteiger partial charge in [-0.05, 0) is 61.6 Å². The maximum Gasteiger partial charge on any atom is 0.255 e. The van der Waals surface area contributed by atoms with E-state index in [2.05, 4.69) is 26.7 Å². The van der Waals surface area contributed by atoms with Crippen LogP contribution in [0.3, 0.4) is 0 Å².